The average molecular weight is 432 g/mol. The van der Waals surface area contributed by atoms with Gasteiger partial charge in [0.05, 0.1) is 17.6 Å². The largest absolute Gasteiger partial charge is 0.482 e. The lowest BCUT2D eigenvalue weighted by Gasteiger charge is -2.23. The third-order valence-electron chi connectivity index (χ3n) is 4.97. The highest BCUT2D eigenvalue weighted by atomic mass is 79.9. The molecule has 0 unspecified atom stereocenters. The molecule has 1 saturated heterocycles. The Morgan fingerprint density at radius 2 is 1.81 bits per heavy atom. The predicted molar refractivity (Wildman–Crippen MR) is 112 cm³/mol. The number of hydrogen-bond acceptors (Lipinski definition) is 2. The summed E-state index contributed by atoms with van der Waals surface area (Å²) in [5.41, 5.74) is 4.29. The van der Waals surface area contributed by atoms with Gasteiger partial charge in [-0.3, -0.25) is 4.79 Å². The van der Waals surface area contributed by atoms with Crippen molar-refractivity contribution < 1.29 is 14.4 Å². The monoisotopic (exact) mass is 431 g/mol. The molecule has 1 aliphatic heterocycles. The minimum absolute atomic E-state index is 0.0117. The molecule has 2 aromatic rings. The fourth-order valence-electron chi connectivity index (χ4n) is 3.64. The number of benzene rings is 2. The van der Waals surface area contributed by atoms with Gasteiger partial charge in [-0.1, -0.05) is 18.2 Å². The first-order valence-electron chi connectivity index (χ1n) is 9.63. The fraction of sp³-hybridized carbons (Fsp3) is 0.409. The quantitative estimate of drug-likeness (QED) is 0.732. The summed E-state index contributed by atoms with van der Waals surface area (Å²) in [6.45, 7) is 7.60. The lowest BCUT2D eigenvalue weighted by atomic mass is 10.1. The Hall–Kier alpha value is -1.85. The number of likely N-dealkylation sites (tertiary alicyclic amines) is 1. The third-order valence-corrected chi connectivity index (χ3v) is 5.56. The zero-order valence-corrected chi connectivity index (χ0v) is 17.7. The van der Waals surface area contributed by atoms with Crippen LogP contribution in [0.2, 0.25) is 0 Å². The van der Waals surface area contributed by atoms with Gasteiger partial charge in [-0.2, -0.15) is 0 Å². The van der Waals surface area contributed by atoms with Crippen molar-refractivity contribution in [2.45, 2.75) is 39.7 Å². The molecule has 3 rings (SSSR count). The van der Waals surface area contributed by atoms with Crippen LogP contribution in [-0.2, 0) is 11.3 Å². The van der Waals surface area contributed by atoms with Crippen LogP contribution >= 0.6 is 15.9 Å². The van der Waals surface area contributed by atoms with Gasteiger partial charge in [-0.05, 0) is 78.4 Å². The highest BCUT2D eigenvalue weighted by Gasteiger charge is 2.14. The van der Waals surface area contributed by atoms with E-state index in [4.69, 9.17) is 4.74 Å². The topological polar surface area (TPSA) is 42.8 Å². The highest BCUT2D eigenvalue weighted by Crippen LogP contribution is 2.30. The maximum Gasteiger partial charge on any atom is 0.262 e. The SMILES string of the molecule is Cc1cc(C)c(OCC(=O)Nc2ccc(C[NH+]3CCCCC3)cc2)c(Br)c1. The molecule has 1 aliphatic rings. The van der Waals surface area contributed by atoms with Gasteiger partial charge in [0.25, 0.3) is 5.91 Å². The number of amides is 1. The second kappa shape index (κ2) is 9.38. The van der Waals surface area contributed by atoms with Crippen molar-refractivity contribution in [3.8, 4) is 5.75 Å². The van der Waals surface area contributed by atoms with Crippen LogP contribution in [-0.4, -0.2) is 25.6 Å². The van der Waals surface area contributed by atoms with Crippen molar-refractivity contribution in [2.75, 3.05) is 25.0 Å². The van der Waals surface area contributed by atoms with Crippen molar-refractivity contribution in [3.05, 3.63) is 57.6 Å². The molecule has 144 valence electrons. The Morgan fingerprint density at radius 3 is 2.48 bits per heavy atom. The number of nitrogens with one attached hydrogen (secondary N) is 2. The van der Waals surface area contributed by atoms with Gasteiger partial charge in [0.2, 0.25) is 0 Å². The number of carbonyl (C=O) groups is 1. The molecule has 0 bridgehead atoms. The van der Waals surface area contributed by atoms with Crippen LogP contribution in [0.5, 0.6) is 5.75 Å². The van der Waals surface area contributed by atoms with E-state index in [2.05, 4.69) is 33.4 Å². The van der Waals surface area contributed by atoms with Crippen molar-refractivity contribution >= 4 is 27.5 Å². The first kappa shape index (κ1) is 19.9. The molecule has 0 spiro atoms. The molecule has 0 radical (unpaired) electrons. The summed E-state index contributed by atoms with van der Waals surface area (Å²) in [6.07, 6.45) is 4.04. The van der Waals surface area contributed by atoms with Crippen molar-refractivity contribution in [3.63, 3.8) is 0 Å². The summed E-state index contributed by atoms with van der Waals surface area (Å²) in [4.78, 5) is 13.9. The summed E-state index contributed by atoms with van der Waals surface area (Å²) in [6, 6.07) is 12.2. The third kappa shape index (κ3) is 5.81. The Kier molecular flexibility index (Phi) is 6.91. The summed E-state index contributed by atoms with van der Waals surface area (Å²) < 4.78 is 6.59. The van der Waals surface area contributed by atoms with E-state index in [1.807, 2.05) is 38.1 Å². The summed E-state index contributed by atoms with van der Waals surface area (Å²) >= 11 is 3.50. The molecule has 1 fully saturated rings. The van der Waals surface area contributed by atoms with Crippen LogP contribution in [0.15, 0.2) is 40.9 Å². The second-order valence-electron chi connectivity index (χ2n) is 7.41. The van der Waals surface area contributed by atoms with Gasteiger partial charge < -0.3 is 15.0 Å². The highest BCUT2D eigenvalue weighted by molar-refractivity contribution is 9.10. The van der Waals surface area contributed by atoms with Crippen LogP contribution in [0.4, 0.5) is 5.69 Å². The van der Waals surface area contributed by atoms with Crippen LogP contribution in [0.1, 0.15) is 36.0 Å². The maximum atomic E-state index is 12.2. The van der Waals surface area contributed by atoms with Gasteiger partial charge in [-0.15, -0.1) is 0 Å². The van der Waals surface area contributed by atoms with E-state index in [0.717, 1.165) is 33.6 Å². The molecule has 1 heterocycles. The minimum atomic E-state index is -0.156. The average Bonchev–Trinajstić information content (AvgIpc) is 2.63. The molecule has 0 saturated carbocycles. The number of quaternary nitrogens is 1. The molecule has 0 aliphatic carbocycles. The van der Waals surface area contributed by atoms with E-state index < -0.39 is 0 Å². The van der Waals surface area contributed by atoms with Crippen LogP contribution < -0.4 is 15.0 Å². The first-order chi connectivity index (χ1) is 13.0. The predicted octanol–water partition coefficient (Wildman–Crippen LogP) is 3.65. The molecular formula is C22H28BrN2O2+. The van der Waals surface area contributed by atoms with Crippen molar-refractivity contribution in [2.24, 2.45) is 0 Å². The normalized spacial score (nSPS) is 14.8. The first-order valence-corrected chi connectivity index (χ1v) is 10.4. The molecule has 2 N–H and O–H groups in total. The number of carbonyl (C=O) groups excluding carboxylic acids is 1. The number of halogens is 1. The molecule has 4 nitrogen and oxygen atoms in total. The van der Waals surface area contributed by atoms with Gasteiger partial charge in [0.15, 0.2) is 6.61 Å². The molecule has 0 atom stereocenters. The van der Waals surface area contributed by atoms with Gasteiger partial charge in [-0.25, -0.2) is 0 Å². The number of piperidine rings is 1. The van der Waals surface area contributed by atoms with E-state index in [1.165, 1.54) is 37.9 Å². The van der Waals surface area contributed by atoms with E-state index in [1.54, 1.807) is 4.90 Å². The maximum absolute atomic E-state index is 12.2. The van der Waals surface area contributed by atoms with E-state index in [-0.39, 0.29) is 12.5 Å². The molecule has 1 amide bonds. The second-order valence-corrected chi connectivity index (χ2v) is 8.27. The molecular weight excluding hydrogens is 404 g/mol. The Bertz CT molecular complexity index is 760. The Labute approximate surface area is 170 Å². The molecule has 2 aromatic carbocycles. The Morgan fingerprint density at radius 1 is 1.11 bits per heavy atom. The molecule has 5 heteroatoms. The van der Waals surface area contributed by atoms with Crippen molar-refractivity contribution in [1.29, 1.82) is 0 Å². The smallest absolute Gasteiger partial charge is 0.262 e. The summed E-state index contributed by atoms with van der Waals surface area (Å²) in [7, 11) is 0. The number of aryl methyl sites for hydroxylation is 2. The zero-order chi connectivity index (χ0) is 19.2. The van der Waals surface area contributed by atoms with Gasteiger partial charge in [0, 0.05) is 11.3 Å². The standard InChI is InChI=1S/C22H27BrN2O2/c1-16-12-17(2)22(20(23)13-16)27-15-21(26)24-19-8-6-18(7-9-19)14-25-10-4-3-5-11-25/h6-9,12-13H,3-5,10-11,14-15H2,1-2H3,(H,24,26)/p+1. The Balaban J connectivity index is 1.50. The van der Waals surface area contributed by atoms with E-state index >= 15 is 0 Å². The number of rotatable bonds is 6. The fourth-order valence-corrected chi connectivity index (χ4v) is 4.43. The van der Waals surface area contributed by atoms with E-state index in [9.17, 15) is 4.79 Å². The zero-order valence-electron chi connectivity index (χ0n) is 16.1. The summed E-state index contributed by atoms with van der Waals surface area (Å²) in [5, 5.41) is 2.91. The van der Waals surface area contributed by atoms with Crippen molar-refractivity contribution in [1.82, 2.24) is 0 Å². The lowest BCUT2D eigenvalue weighted by molar-refractivity contribution is -0.918. The van der Waals surface area contributed by atoms with Gasteiger partial charge in [0.1, 0.15) is 12.3 Å². The number of hydrogen-bond donors (Lipinski definition) is 2. The van der Waals surface area contributed by atoms with Crippen LogP contribution in [0, 0.1) is 13.8 Å². The lowest BCUT2D eigenvalue weighted by Crippen LogP contribution is -3.11. The minimum Gasteiger partial charge on any atom is -0.482 e. The molecule has 0 aromatic heterocycles. The number of ether oxygens (including phenoxy) is 1. The van der Waals surface area contributed by atoms with Gasteiger partial charge >= 0.3 is 0 Å². The summed E-state index contributed by atoms with van der Waals surface area (Å²) in [5.74, 6) is 0.562. The van der Waals surface area contributed by atoms with E-state index in [0.29, 0.717) is 0 Å². The van der Waals surface area contributed by atoms with Crippen LogP contribution in [0.3, 0.4) is 0 Å². The molecule has 27 heavy (non-hydrogen) atoms. The number of anilines is 1. The van der Waals surface area contributed by atoms with Crippen LogP contribution in [0.25, 0.3) is 0 Å².